The number of pyridine rings is 1. The number of anilines is 2. The normalized spacial score (nSPS) is 14.3. The molecule has 1 fully saturated rings. The van der Waals surface area contributed by atoms with Gasteiger partial charge in [0.15, 0.2) is 0 Å². The van der Waals surface area contributed by atoms with E-state index >= 15 is 0 Å². The molecule has 8 nitrogen and oxygen atoms in total. The van der Waals surface area contributed by atoms with E-state index in [-0.39, 0.29) is 12.5 Å². The molecule has 0 saturated carbocycles. The predicted molar refractivity (Wildman–Crippen MR) is 120 cm³/mol. The molecule has 3 heterocycles. The predicted octanol–water partition coefficient (Wildman–Crippen LogP) is 2.26. The third-order valence-corrected chi connectivity index (χ3v) is 5.22. The lowest BCUT2D eigenvalue weighted by Crippen LogP contribution is -2.38. The monoisotopic (exact) mass is 420 g/mol. The fraction of sp³-hybridized carbons (Fsp3) is 0.348. The van der Waals surface area contributed by atoms with Crippen molar-refractivity contribution in [1.29, 1.82) is 0 Å². The van der Waals surface area contributed by atoms with Gasteiger partial charge in [-0.25, -0.2) is 0 Å². The summed E-state index contributed by atoms with van der Waals surface area (Å²) in [6.45, 7) is 6.03. The second-order valence-electron chi connectivity index (χ2n) is 7.55. The van der Waals surface area contributed by atoms with Gasteiger partial charge in [-0.1, -0.05) is 24.3 Å². The van der Waals surface area contributed by atoms with Crippen molar-refractivity contribution in [1.82, 2.24) is 19.7 Å². The average Bonchev–Trinajstić information content (AvgIpc) is 3.26. The molecule has 0 aliphatic carbocycles. The SMILES string of the molecule is O=C(CN(Cc1cccnc1)c1ccccc1)Nc1cnn(CCN2CCOCC2)c1. The van der Waals surface area contributed by atoms with Gasteiger partial charge in [0.25, 0.3) is 0 Å². The van der Waals surface area contributed by atoms with Gasteiger partial charge >= 0.3 is 0 Å². The lowest BCUT2D eigenvalue weighted by molar-refractivity contribution is -0.115. The number of ether oxygens (including phenoxy) is 1. The van der Waals surface area contributed by atoms with Gasteiger partial charge in [0.2, 0.25) is 5.91 Å². The van der Waals surface area contributed by atoms with Gasteiger partial charge in [0.05, 0.1) is 38.2 Å². The number of nitrogens with one attached hydrogen (secondary N) is 1. The van der Waals surface area contributed by atoms with Crippen molar-refractivity contribution in [3.8, 4) is 0 Å². The second-order valence-corrected chi connectivity index (χ2v) is 7.55. The number of aromatic nitrogens is 3. The van der Waals surface area contributed by atoms with E-state index in [1.54, 1.807) is 12.4 Å². The first-order chi connectivity index (χ1) is 15.3. The van der Waals surface area contributed by atoms with Crippen LogP contribution < -0.4 is 10.2 Å². The summed E-state index contributed by atoms with van der Waals surface area (Å²) in [5, 5.41) is 7.35. The number of amides is 1. The third kappa shape index (κ3) is 6.37. The van der Waals surface area contributed by atoms with E-state index in [1.165, 1.54) is 0 Å². The summed E-state index contributed by atoms with van der Waals surface area (Å²) in [7, 11) is 0. The van der Waals surface area contributed by atoms with Crippen LogP contribution in [-0.4, -0.2) is 65.0 Å². The molecule has 8 heteroatoms. The van der Waals surface area contributed by atoms with Crippen LogP contribution in [0.25, 0.3) is 0 Å². The summed E-state index contributed by atoms with van der Waals surface area (Å²) in [5.74, 6) is -0.0829. The highest BCUT2D eigenvalue weighted by molar-refractivity contribution is 5.93. The highest BCUT2D eigenvalue weighted by atomic mass is 16.5. The van der Waals surface area contributed by atoms with Crippen LogP contribution >= 0.6 is 0 Å². The molecule has 1 amide bonds. The molecule has 1 aromatic carbocycles. The Hall–Kier alpha value is -3.23. The summed E-state index contributed by atoms with van der Waals surface area (Å²) in [6.07, 6.45) is 7.16. The first kappa shape index (κ1) is 21.0. The van der Waals surface area contributed by atoms with Crippen molar-refractivity contribution < 1.29 is 9.53 Å². The average molecular weight is 421 g/mol. The lowest BCUT2D eigenvalue weighted by atomic mass is 10.2. The van der Waals surface area contributed by atoms with E-state index in [1.807, 2.05) is 64.4 Å². The number of morpholine rings is 1. The number of hydrogen-bond donors (Lipinski definition) is 1. The van der Waals surface area contributed by atoms with E-state index in [0.29, 0.717) is 12.2 Å². The van der Waals surface area contributed by atoms with E-state index in [2.05, 4.69) is 20.3 Å². The summed E-state index contributed by atoms with van der Waals surface area (Å²) < 4.78 is 7.25. The molecule has 1 saturated heterocycles. The molecule has 2 aromatic heterocycles. The van der Waals surface area contributed by atoms with Crippen LogP contribution in [0, 0.1) is 0 Å². The summed E-state index contributed by atoms with van der Waals surface area (Å²) in [6, 6.07) is 13.9. The van der Waals surface area contributed by atoms with E-state index in [9.17, 15) is 4.79 Å². The molecule has 0 unspecified atom stereocenters. The molecule has 4 rings (SSSR count). The number of benzene rings is 1. The van der Waals surface area contributed by atoms with E-state index in [4.69, 9.17) is 4.74 Å². The maximum absolute atomic E-state index is 12.8. The molecule has 1 aliphatic heterocycles. The molecule has 1 aliphatic rings. The van der Waals surface area contributed by atoms with E-state index < -0.39 is 0 Å². The number of rotatable bonds is 9. The van der Waals surface area contributed by atoms with Gasteiger partial charge < -0.3 is 15.0 Å². The molecular weight excluding hydrogens is 392 g/mol. The molecule has 0 radical (unpaired) electrons. The number of carbonyl (C=O) groups excluding carboxylic acids is 1. The number of nitrogens with zero attached hydrogens (tertiary/aromatic N) is 5. The Balaban J connectivity index is 1.33. The first-order valence-electron chi connectivity index (χ1n) is 10.6. The number of para-hydroxylation sites is 1. The zero-order valence-electron chi connectivity index (χ0n) is 17.6. The Kier molecular flexibility index (Phi) is 7.25. The quantitative estimate of drug-likeness (QED) is 0.572. The maximum atomic E-state index is 12.8. The molecule has 0 spiro atoms. The molecule has 162 valence electrons. The number of hydrogen-bond acceptors (Lipinski definition) is 6. The Morgan fingerprint density at radius 2 is 1.90 bits per heavy atom. The summed E-state index contributed by atoms with van der Waals surface area (Å²) in [5.41, 5.74) is 2.75. The van der Waals surface area contributed by atoms with Crippen molar-refractivity contribution in [2.75, 3.05) is 49.6 Å². The zero-order valence-corrected chi connectivity index (χ0v) is 17.6. The Labute approximate surface area is 182 Å². The van der Waals surface area contributed by atoms with Gasteiger partial charge in [0.1, 0.15) is 0 Å². The largest absolute Gasteiger partial charge is 0.379 e. The van der Waals surface area contributed by atoms with Crippen LogP contribution in [0.2, 0.25) is 0 Å². The fourth-order valence-electron chi connectivity index (χ4n) is 3.58. The highest BCUT2D eigenvalue weighted by Crippen LogP contribution is 2.17. The minimum Gasteiger partial charge on any atom is -0.379 e. The van der Waals surface area contributed by atoms with Crippen LogP contribution in [0.3, 0.4) is 0 Å². The standard InChI is InChI=1S/C23H28N6O2/c30-23(26-21-16-25-29(18-21)10-9-27-11-13-31-14-12-27)19-28(22-6-2-1-3-7-22)17-20-5-4-8-24-15-20/h1-8,15-16,18H,9-14,17,19H2,(H,26,30). The van der Waals surface area contributed by atoms with Crippen LogP contribution in [0.15, 0.2) is 67.3 Å². The molecule has 1 N–H and O–H groups in total. The summed E-state index contributed by atoms with van der Waals surface area (Å²) >= 11 is 0. The van der Waals surface area contributed by atoms with Crippen molar-refractivity contribution in [3.63, 3.8) is 0 Å². The zero-order chi connectivity index (χ0) is 21.3. The Morgan fingerprint density at radius 3 is 2.68 bits per heavy atom. The van der Waals surface area contributed by atoms with Crippen molar-refractivity contribution in [2.45, 2.75) is 13.1 Å². The van der Waals surface area contributed by atoms with Gasteiger partial charge in [-0.05, 0) is 23.8 Å². The number of carbonyl (C=O) groups is 1. The summed E-state index contributed by atoms with van der Waals surface area (Å²) in [4.78, 5) is 21.4. The molecular formula is C23H28N6O2. The molecule has 0 atom stereocenters. The van der Waals surface area contributed by atoms with Crippen LogP contribution in [0.5, 0.6) is 0 Å². The molecule has 31 heavy (non-hydrogen) atoms. The first-order valence-corrected chi connectivity index (χ1v) is 10.6. The molecule has 0 bridgehead atoms. The minimum absolute atomic E-state index is 0.0829. The fourth-order valence-corrected chi connectivity index (χ4v) is 3.58. The van der Waals surface area contributed by atoms with Crippen LogP contribution in [0.1, 0.15) is 5.56 Å². The second kappa shape index (κ2) is 10.7. The van der Waals surface area contributed by atoms with Crippen molar-refractivity contribution >= 4 is 17.3 Å². The van der Waals surface area contributed by atoms with Crippen molar-refractivity contribution in [3.05, 3.63) is 72.8 Å². The highest BCUT2D eigenvalue weighted by Gasteiger charge is 2.14. The lowest BCUT2D eigenvalue weighted by Gasteiger charge is -2.26. The van der Waals surface area contributed by atoms with Gasteiger partial charge in [-0.15, -0.1) is 0 Å². The molecule has 3 aromatic rings. The minimum atomic E-state index is -0.0829. The van der Waals surface area contributed by atoms with Gasteiger partial charge in [-0.2, -0.15) is 5.10 Å². The van der Waals surface area contributed by atoms with Gasteiger partial charge in [0, 0.05) is 50.5 Å². The van der Waals surface area contributed by atoms with Crippen LogP contribution in [0.4, 0.5) is 11.4 Å². The smallest absolute Gasteiger partial charge is 0.243 e. The van der Waals surface area contributed by atoms with Gasteiger partial charge in [-0.3, -0.25) is 19.4 Å². The van der Waals surface area contributed by atoms with Crippen molar-refractivity contribution in [2.24, 2.45) is 0 Å². The third-order valence-electron chi connectivity index (χ3n) is 5.22. The van der Waals surface area contributed by atoms with Crippen LogP contribution in [-0.2, 0) is 22.6 Å². The Morgan fingerprint density at radius 1 is 1.06 bits per heavy atom. The Bertz CT molecular complexity index is 941. The maximum Gasteiger partial charge on any atom is 0.243 e. The van der Waals surface area contributed by atoms with E-state index in [0.717, 1.165) is 50.6 Å². The topological polar surface area (TPSA) is 75.5 Å².